The van der Waals surface area contributed by atoms with Crippen molar-refractivity contribution >= 4 is 11.7 Å². The minimum atomic E-state index is -0.127. The van der Waals surface area contributed by atoms with E-state index in [2.05, 4.69) is 20.5 Å². The molecule has 0 saturated carbocycles. The number of Topliss-reactive ketones (excluding diaryl/α,β-unsaturated/α-hetero) is 1. The van der Waals surface area contributed by atoms with Gasteiger partial charge < -0.3 is 10.1 Å². The molecule has 6 heteroatoms. The number of rotatable bonds is 3. The van der Waals surface area contributed by atoms with Crippen molar-refractivity contribution in [1.82, 2.24) is 20.5 Å². The van der Waals surface area contributed by atoms with E-state index in [9.17, 15) is 9.59 Å². The second kappa shape index (κ2) is 7.94. The predicted octanol–water partition coefficient (Wildman–Crippen LogP) is 1.95. The zero-order valence-electron chi connectivity index (χ0n) is 12.7. The number of aryl methyl sites for hydroxylation is 2. The highest BCUT2D eigenvalue weighted by Crippen LogP contribution is 2.08. The average molecular weight is 288 g/mol. The van der Waals surface area contributed by atoms with Crippen LogP contribution in [0.2, 0.25) is 0 Å². The van der Waals surface area contributed by atoms with Crippen LogP contribution in [0.1, 0.15) is 41.2 Å². The van der Waals surface area contributed by atoms with Crippen LogP contribution in [0.15, 0.2) is 24.5 Å². The molecule has 0 aliphatic rings. The number of carbonyl (C=O) groups excluding carboxylic acids is 2. The summed E-state index contributed by atoms with van der Waals surface area (Å²) in [6, 6.07) is 3.47. The second-order valence-electron chi connectivity index (χ2n) is 4.75. The molecule has 0 radical (unpaired) electrons. The van der Waals surface area contributed by atoms with Crippen molar-refractivity contribution in [2.45, 2.75) is 34.2 Å². The van der Waals surface area contributed by atoms with E-state index in [1.807, 2.05) is 13.8 Å². The van der Waals surface area contributed by atoms with Gasteiger partial charge in [0.05, 0.1) is 11.3 Å². The average Bonchev–Trinajstić information content (AvgIpc) is 2.76. The number of ketones is 1. The Morgan fingerprint density at radius 1 is 1.29 bits per heavy atom. The third-order valence-corrected chi connectivity index (χ3v) is 2.63. The van der Waals surface area contributed by atoms with Gasteiger partial charge in [-0.3, -0.25) is 14.9 Å². The Balaban J connectivity index is 0.000000491. The van der Waals surface area contributed by atoms with Gasteiger partial charge in [0.1, 0.15) is 5.78 Å². The minimum absolute atomic E-state index is 0.127. The van der Waals surface area contributed by atoms with Gasteiger partial charge in [-0.25, -0.2) is 0 Å². The summed E-state index contributed by atoms with van der Waals surface area (Å²) in [5.74, 6) is 0.0399. The number of carbonyl (C=O) groups is 2. The zero-order chi connectivity index (χ0) is 15.8. The smallest absolute Gasteiger partial charge is 0.253 e. The van der Waals surface area contributed by atoms with Crippen LogP contribution < -0.4 is 5.32 Å². The monoisotopic (exact) mass is 288 g/mol. The topological polar surface area (TPSA) is 87.7 Å². The molecule has 0 atom stereocenters. The maximum absolute atomic E-state index is 11.8. The van der Waals surface area contributed by atoms with E-state index < -0.39 is 0 Å². The molecule has 112 valence electrons. The normalized spacial score (nSPS) is 9.52. The largest absolute Gasteiger partial charge is 0.348 e. The maximum Gasteiger partial charge on any atom is 0.253 e. The van der Waals surface area contributed by atoms with Gasteiger partial charge in [-0.05, 0) is 39.8 Å². The molecule has 0 unspecified atom stereocenters. The van der Waals surface area contributed by atoms with Crippen molar-refractivity contribution in [1.29, 1.82) is 0 Å². The van der Waals surface area contributed by atoms with Crippen molar-refractivity contribution in [3.8, 4) is 0 Å². The van der Waals surface area contributed by atoms with E-state index in [1.54, 1.807) is 24.5 Å². The van der Waals surface area contributed by atoms with Crippen LogP contribution in [-0.2, 0) is 11.3 Å². The highest BCUT2D eigenvalue weighted by Gasteiger charge is 2.09. The van der Waals surface area contributed by atoms with Crippen molar-refractivity contribution in [3.63, 3.8) is 0 Å². The van der Waals surface area contributed by atoms with Gasteiger partial charge in [0.15, 0.2) is 0 Å². The van der Waals surface area contributed by atoms with E-state index in [0.717, 1.165) is 17.0 Å². The molecule has 2 aromatic rings. The minimum Gasteiger partial charge on any atom is -0.348 e. The molecule has 0 fully saturated rings. The van der Waals surface area contributed by atoms with E-state index >= 15 is 0 Å². The number of hydrogen-bond acceptors (Lipinski definition) is 4. The lowest BCUT2D eigenvalue weighted by Gasteiger charge is -2.04. The number of hydrogen-bond donors (Lipinski definition) is 2. The molecule has 0 saturated heterocycles. The number of nitrogens with one attached hydrogen (secondary N) is 2. The number of amides is 1. The Kier molecular flexibility index (Phi) is 6.26. The first-order valence-electron chi connectivity index (χ1n) is 6.57. The molecule has 2 N–H and O–H groups in total. The molecule has 2 aromatic heterocycles. The molecular formula is C15H20N4O2. The van der Waals surface area contributed by atoms with Gasteiger partial charge in [-0.2, -0.15) is 5.10 Å². The summed E-state index contributed by atoms with van der Waals surface area (Å²) >= 11 is 0. The molecule has 0 aliphatic carbocycles. The number of H-pyrrole nitrogens is 1. The lowest BCUT2D eigenvalue weighted by molar-refractivity contribution is -0.114. The third kappa shape index (κ3) is 5.56. The number of aromatic amines is 1. The van der Waals surface area contributed by atoms with Gasteiger partial charge in [0.2, 0.25) is 0 Å². The third-order valence-electron chi connectivity index (χ3n) is 2.63. The number of nitrogens with zero attached hydrogens (tertiary/aromatic N) is 2. The first kappa shape index (κ1) is 16.6. The fraction of sp³-hybridized carbons (Fsp3) is 0.333. The van der Waals surface area contributed by atoms with E-state index in [0.29, 0.717) is 12.1 Å². The van der Waals surface area contributed by atoms with Crippen LogP contribution in [-0.4, -0.2) is 26.9 Å². The predicted molar refractivity (Wildman–Crippen MR) is 79.8 cm³/mol. The van der Waals surface area contributed by atoms with Gasteiger partial charge in [0, 0.05) is 30.2 Å². The molecule has 6 nitrogen and oxygen atoms in total. The SMILES string of the molecule is CC(C)=O.Cc1n[nH]c(C)c1CNC(=O)c1cccnc1. The van der Waals surface area contributed by atoms with Crippen LogP contribution in [0.5, 0.6) is 0 Å². The second-order valence-corrected chi connectivity index (χ2v) is 4.75. The Morgan fingerprint density at radius 3 is 2.43 bits per heavy atom. The van der Waals surface area contributed by atoms with Crippen molar-refractivity contribution in [3.05, 3.63) is 47.0 Å². The van der Waals surface area contributed by atoms with Crippen LogP contribution in [0.4, 0.5) is 0 Å². The quantitative estimate of drug-likeness (QED) is 0.903. The molecule has 2 heterocycles. The van der Waals surface area contributed by atoms with Crippen LogP contribution in [0.25, 0.3) is 0 Å². The summed E-state index contributed by atoms with van der Waals surface area (Å²) in [6.45, 7) is 7.38. The number of aromatic nitrogens is 3. The fourth-order valence-electron chi connectivity index (χ4n) is 1.60. The maximum atomic E-state index is 11.8. The summed E-state index contributed by atoms with van der Waals surface area (Å²) in [5.41, 5.74) is 3.48. The Hall–Kier alpha value is -2.50. The van der Waals surface area contributed by atoms with Crippen molar-refractivity contribution in [2.75, 3.05) is 0 Å². The van der Waals surface area contributed by atoms with Gasteiger partial charge >= 0.3 is 0 Å². The Morgan fingerprint density at radius 2 is 1.95 bits per heavy atom. The highest BCUT2D eigenvalue weighted by atomic mass is 16.1. The molecule has 0 bridgehead atoms. The molecule has 0 spiro atoms. The summed E-state index contributed by atoms with van der Waals surface area (Å²) in [6.07, 6.45) is 3.19. The first-order valence-corrected chi connectivity index (χ1v) is 6.57. The summed E-state index contributed by atoms with van der Waals surface area (Å²) < 4.78 is 0. The lowest BCUT2D eigenvalue weighted by atomic mass is 10.2. The molecular weight excluding hydrogens is 268 g/mol. The van der Waals surface area contributed by atoms with Gasteiger partial charge in [-0.1, -0.05) is 0 Å². The molecule has 0 aliphatic heterocycles. The molecule has 2 rings (SSSR count). The fourth-order valence-corrected chi connectivity index (χ4v) is 1.60. The molecule has 21 heavy (non-hydrogen) atoms. The van der Waals surface area contributed by atoms with Crippen LogP contribution in [0.3, 0.4) is 0 Å². The lowest BCUT2D eigenvalue weighted by Crippen LogP contribution is -2.23. The van der Waals surface area contributed by atoms with Crippen molar-refractivity contribution < 1.29 is 9.59 Å². The van der Waals surface area contributed by atoms with Crippen LogP contribution >= 0.6 is 0 Å². The Bertz CT molecular complexity index is 582. The summed E-state index contributed by atoms with van der Waals surface area (Å²) in [7, 11) is 0. The van der Waals surface area contributed by atoms with Gasteiger partial charge in [0.25, 0.3) is 5.91 Å². The van der Waals surface area contributed by atoms with E-state index in [-0.39, 0.29) is 11.7 Å². The van der Waals surface area contributed by atoms with E-state index in [1.165, 1.54) is 13.8 Å². The van der Waals surface area contributed by atoms with E-state index in [4.69, 9.17) is 0 Å². The Labute approximate surface area is 124 Å². The zero-order valence-corrected chi connectivity index (χ0v) is 12.7. The molecule has 1 amide bonds. The van der Waals surface area contributed by atoms with Crippen LogP contribution in [0, 0.1) is 13.8 Å². The molecule has 0 aromatic carbocycles. The summed E-state index contributed by atoms with van der Waals surface area (Å²) in [5, 5.41) is 9.81. The number of pyridine rings is 1. The summed E-state index contributed by atoms with van der Waals surface area (Å²) in [4.78, 5) is 25.1. The first-order chi connectivity index (χ1) is 9.91. The van der Waals surface area contributed by atoms with Gasteiger partial charge in [-0.15, -0.1) is 0 Å². The standard InChI is InChI=1S/C12H14N4O.C3H6O/c1-8-11(9(2)16-15-8)7-14-12(17)10-4-3-5-13-6-10;1-3(2)4/h3-6H,7H2,1-2H3,(H,14,17)(H,15,16);1-2H3. The van der Waals surface area contributed by atoms with Crippen molar-refractivity contribution in [2.24, 2.45) is 0 Å². The highest BCUT2D eigenvalue weighted by molar-refractivity contribution is 5.93.